The highest BCUT2D eigenvalue weighted by molar-refractivity contribution is 7.92. The van der Waals surface area contributed by atoms with Crippen molar-refractivity contribution in [2.75, 3.05) is 10.8 Å². The number of fused-ring (bicyclic) bond motifs is 1. The van der Waals surface area contributed by atoms with Crippen LogP contribution in [0.15, 0.2) is 96.4 Å². The van der Waals surface area contributed by atoms with Crippen molar-refractivity contribution in [1.29, 1.82) is 0 Å². The summed E-state index contributed by atoms with van der Waals surface area (Å²) in [5.74, 6) is -0.315. The second-order valence-corrected chi connectivity index (χ2v) is 10.3. The molecule has 0 aromatic heterocycles. The summed E-state index contributed by atoms with van der Waals surface area (Å²) in [6.07, 6.45) is 0.554. The van der Waals surface area contributed by atoms with E-state index < -0.39 is 16.1 Å². The molecule has 0 saturated carbocycles. The van der Waals surface area contributed by atoms with E-state index in [9.17, 15) is 23.1 Å². The van der Waals surface area contributed by atoms with Gasteiger partial charge in [-0.1, -0.05) is 67.2 Å². The Morgan fingerprint density at radius 3 is 2.22 bits per heavy atom. The SMILES string of the molecule is C=CC(=O)NC1CCN(S(=O)(=O)c2ccc(CN(Cc3ccccc3)C(=O)O)cc2)c2ccccc21. The third kappa shape index (κ3) is 5.41. The number of nitrogens with one attached hydrogen (secondary N) is 1. The summed E-state index contributed by atoms with van der Waals surface area (Å²) >= 11 is 0. The van der Waals surface area contributed by atoms with Gasteiger partial charge in [0.2, 0.25) is 5.91 Å². The van der Waals surface area contributed by atoms with E-state index >= 15 is 0 Å². The number of anilines is 1. The molecule has 2 amide bonds. The number of carboxylic acid groups (broad SMARTS) is 1. The molecular formula is C27H27N3O5S. The number of hydrogen-bond donors (Lipinski definition) is 2. The van der Waals surface area contributed by atoms with Gasteiger partial charge >= 0.3 is 6.09 Å². The van der Waals surface area contributed by atoms with Gasteiger partial charge in [0.25, 0.3) is 10.0 Å². The van der Waals surface area contributed by atoms with Gasteiger partial charge in [-0.25, -0.2) is 13.2 Å². The van der Waals surface area contributed by atoms with Crippen LogP contribution in [0, 0.1) is 0 Å². The molecule has 0 bridgehead atoms. The minimum Gasteiger partial charge on any atom is -0.465 e. The van der Waals surface area contributed by atoms with Gasteiger partial charge in [0, 0.05) is 19.6 Å². The molecule has 0 fully saturated rings. The topological polar surface area (TPSA) is 107 Å². The average molecular weight is 506 g/mol. The number of amides is 2. The molecule has 0 radical (unpaired) electrons. The lowest BCUT2D eigenvalue weighted by atomic mass is 9.98. The van der Waals surface area contributed by atoms with Crippen molar-refractivity contribution in [3.63, 3.8) is 0 Å². The van der Waals surface area contributed by atoms with Gasteiger partial charge in [-0.05, 0) is 47.4 Å². The number of benzene rings is 3. The van der Waals surface area contributed by atoms with Gasteiger partial charge in [-0.15, -0.1) is 0 Å². The van der Waals surface area contributed by atoms with Crippen LogP contribution in [-0.4, -0.2) is 37.0 Å². The molecule has 3 aromatic carbocycles. The van der Waals surface area contributed by atoms with E-state index in [-0.39, 0.29) is 36.5 Å². The molecule has 1 unspecified atom stereocenters. The van der Waals surface area contributed by atoms with Crippen LogP contribution in [0.5, 0.6) is 0 Å². The van der Waals surface area contributed by atoms with Crippen molar-refractivity contribution in [2.45, 2.75) is 30.4 Å². The summed E-state index contributed by atoms with van der Waals surface area (Å²) in [6, 6.07) is 22.3. The van der Waals surface area contributed by atoms with Crippen LogP contribution < -0.4 is 9.62 Å². The molecule has 3 aromatic rings. The number of para-hydroxylation sites is 1. The van der Waals surface area contributed by atoms with Crippen molar-refractivity contribution in [3.8, 4) is 0 Å². The Morgan fingerprint density at radius 1 is 0.972 bits per heavy atom. The fourth-order valence-corrected chi connectivity index (χ4v) is 5.78. The van der Waals surface area contributed by atoms with E-state index in [1.807, 2.05) is 30.3 Å². The van der Waals surface area contributed by atoms with E-state index in [0.717, 1.165) is 11.1 Å². The summed E-state index contributed by atoms with van der Waals surface area (Å²) < 4.78 is 28.4. The van der Waals surface area contributed by atoms with E-state index in [0.29, 0.717) is 17.7 Å². The maximum Gasteiger partial charge on any atom is 0.407 e. The lowest BCUT2D eigenvalue weighted by Gasteiger charge is -2.35. The number of carbonyl (C=O) groups is 2. The molecule has 9 heteroatoms. The molecular weight excluding hydrogens is 478 g/mol. The van der Waals surface area contributed by atoms with Crippen LogP contribution in [-0.2, 0) is 27.9 Å². The maximum absolute atomic E-state index is 13.5. The Hall–Kier alpha value is -4.11. The van der Waals surface area contributed by atoms with Gasteiger partial charge in [0.15, 0.2) is 0 Å². The van der Waals surface area contributed by atoms with Crippen LogP contribution >= 0.6 is 0 Å². The highest BCUT2D eigenvalue weighted by Gasteiger charge is 2.33. The zero-order valence-electron chi connectivity index (χ0n) is 19.6. The van der Waals surface area contributed by atoms with E-state index in [4.69, 9.17) is 0 Å². The highest BCUT2D eigenvalue weighted by Crippen LogP contribution is 2.37. The zero-order chi connectivity index (χ0) is 25.7. The Morgan fingerprint density at radius 2 is 1.58 bits per heavy atom. The molecule has 1 aliphatic heterocycles. The summed E-state index contributed by atoms with van der Waals surface area (Å²) in [4.78, 5) is 25.0. The first-order valence-electron chi connectivity index (χ1n) is 11.4. The van der Waals surface area contributed by atoms with Gasteiger partial charge < -0.3 is 10.4 Å². The second kappa shape index (κ2) is 10.7. The standard InChI is InChI=1S/C27H27N3O5S/c1-2-26(31)28-24-16-17-30(25-11-7-6-10-23(24)25)36(34,35)22-14-12-21(13-15-22)19-29(27(32)33)18-20-8-4-3-5-9-20/h2-15,24H,1,16-19H2,(H,28,31)(H,32,33). The summed E-state index contributed by atoms with van der Waals surface area (Å²) in [5.41, 5.74) is 2.78. The van der Waals surface area contributed by atoms with Crippen molar-refractivity contribution in [1.82, 2.24) is 10.2 Å². The summed E-state index contributed by atoms with van der Waals surface area (Å²) in [5, 5.41) is 12.5. The third-order valence-electron chi connectivity index (χ3n) is 6.08. The lowest BCUT2D eigenvalue weighted by molar-refractivity contribution is -0.117. The van der Waals surface area contributed by atoms with Crippen LogP contribution in [0.25, 0.3) is 0 Å². The molecule has 1 atom stereocenters. The quantitative estimate of drug-likeness (QED) is 0.444. The van der Waals surface area contributed by atoms with Gasteiger partial charge in [-0.3, -0.25) is 14.0 Å². The zero-order valence-corrected chi connectivity index (χ0v) is 20.4. The smallest absolute Gasteiger partial charge is 0.407 e. The van der Waals surface area contributed by atoms with Crippen LogP contribution in [0.3, 0.4) is 0 Å². The molecule has 0 spiro atoms. The fourth-order valence-electron chi connectivity index (χ4n) is 4.27. The molecule has 0 aliphatic carbocycles. The number of rotatable bonds is 8. The minimum atomic E-state index is -3.87. The Labute approximate surface area is 210 Å². The first-order chi connectivity index (χ1) is 17.3. The fraction of sp³-hybridized carbons (Fsp3) is 0.185. The molecule has 4 rings (SSSR count). The largest absolute Gasteiger partial charge is 0.465 e. The van der Waals surface area contributed by atoms with Gasteiger partial charge in [0.05, 0.1) is 16.6 Å². The maximum atomic E-state index is 13.5. The molecule has 36 heavy (non-hydrogen) atoms. The first-order valence-corrected chi connectivity index (χ1v) is 12.9. The normalized spacial score (nSPS) is 15.0. The molecule has 8 nitrogen and oxygen atoms in total. The summed E-state index contributed by atoms with van der Waals surface area (Å²) in [6.45, 7) is 4.03. The molecule has 0 saturated heterocycles. The Balaban J connectivity index is 1.54. The third-order valence-corrected chi connectivity index (χ3v) is 7.90. The van der Waals surface area contributed by atoms with Crippen molar-refractivity contribution < 1.29 is 23.1 Å². The van der Waals surface area contributed by atoms with Crippen LogP contribution in [0.4, 0.5) is 10.5 Å². The number of hydrogen-bond acceptors (Lipinski definition) is 4. The predicted octanol–water partition coefficient (Wildman–Crippen LogP) is 4.31. The van der Waals surface area contributed by atoms with Crippen LogP contribution in [0.1, 0.15) is 29.2 Å². The first kappa shape index (κ1) is 25.0. The number of carbonyl (C=O) groups excluding carboxylic acids is 1. The van der Waals surface area contributed by atoms with E-state index in [1.54, 1.807) is 36.4 Å². The second-order valence-electron chi connectivity index (χ2n) is 8.46. The van der Waals surface area contributed by atoms with Crippen molar-refractivity contribution in [2.24, 2.45) is 0 Å². The number of nitrogens with zero attached hydrogens (tertiary/aromatic N) is 2. The Kier molecular flexibility index (Phi) is 7.40. The Bertz CT molecular complexity index is 1360. The van der Waals surface area contributed by atoms with E-state index in [1.165, 1.54) is 27.4 Å². The van der Waals surface area contributed by atoms with Crippen molar-refractivity contribution >= 4 is 27.7 Å². The van der Waals surface area contributed by atoms with Gasteiger partial charge in [0.1, 0.15) is 0 Å². The highest BCUT2D eigenvalue weighted by atomic mass is 32.2. The lowest BCUT2D eigenvalue weighted by Crippen LogP contribution is -2.40. The predicted molar refractivity (Wildman–Crippen MR) is 137 cm³/mol. The van der Waals surface area contributed by atoms with Gasteiger partial charge in [-0.2, -0.15) is 0 Å². The van der Waals surface area contributed by atoms with E-state index in [2.05, 4.69) is 11.9 Å². The number of sulfonamides is 1. The van der Waals surface area contributed by atoms with Crippen LogP contribution in [0.2, 0.25) is 0 Å². The molecule has 1 heterocycles. The minimum absolute atomic E-state index is 0.111. The monoisotopic (exact) mass is 505 g/mol. The molecule has 2 N–H and O–H groups in total. The molecule has 1 aliphatic rings. The summed E-state index contributed by atoms with van der Waals surface area (Å²) in [7, 11) is -3.87. The van der Waals surface area contributed by atoms with Crippen molar-refractivity contribution in [3.05, 3.63) is 108 Å². The average Bonchev–Trinajstić information content (AvgIpc) is 2.89. The molecule has 186 valence electrons.